The molecule has 10 heteroatoms. The molecule has 1 heterocycles. The Balaban J connectivity index is 1.64. The molecule has 3 rings (SSSR count). The summed E-state index contributed by atoms with van der Waals surface area (Å²) in [5.41, 5.74) is 11.1. The van der Waals surface area contributed by atoms with E-state index < -0.39 is 5.91 Å². The third-order valence-electron chi connectivity index (χ3n) is 6.98. The summed E-state index contributed by atoms with van der Waals surface area (Å²) in [6.07, 6.45) is 4.84. The Morgan fingerprint density at radius 1 is 1.02 bits per heavy atom. The van der Waals surface area contributed by atoms with Gasteiger partial charge in [0.25, 0.3) is 5.91 Å². The van der Waals surface area contributed by atoms with Gasteiger partial charge in [0.2, 0.25) is 5.91 Å². The summed E-state index contributed by atoms with van der Waals surface area (Å²) in [6, 6.07) is 11.0. The third-order valence-corrected chi connectivity index (χ3v) is 6.98. The van der Waals surface area contributed by atoms with Gasteiger partial charge in [0.1, 0.15) is 17.3 Å². The molecule has 216 valence electrons. The van der Waals surface area contributed by atoms with Crippen molar-refractivity contribution >= 4 is 11.8 Å². The summed E-state index contributed by atoms with van der Waals surface area (Å²) in [5, 5.41) is 33.0. The predicted molar refractivity (Wildman–Crippen MR) is 151 cm³/mol. The molecule has 0 saturated carbocycles. The molecule has 6 N–H and O–H groups in total. The summed E-state index contributed by atoms with van der Waals surface area (Å²) in [5.74, 6) is -0.386. The number of phenolic OH excluding ortho intramolecular Hbond substituents is 2. The zero-order chi connectivity index (χ0) is 29.2. The number of amides is 2. The van der Waals surface area contributed by atoms with Crippen molar-refractivity contribution in [3.05, 3.63) is 64.5 Å². The first kappa shape index (κ1) is 30.6. The van der Waals surface area contributed by atoms with Crippen molar-refractivity contribution in [3.63, 3.8) is 0 Å². The normalized spacial score (nSPS) is 11.3. The molecule has 0 saturated heterocycles. The van der Waals surface area contributed by atoms with E-state index in [2.05, 4.69) is 17.1 Å². The Morgan fingerprint density at radius 3 is 2.38 bits per heavy atom. The fraction of sp³-hybridized carbons (Fsp3) is 0.433. The number of nitrogens with zero attached hydrogens (tertiary/aromatic N) is 2. The Morgan fingerprint density at radius 2 is 1.73 bits per heavy atom. The van der Waals surface area contributed by atoms with Crippen LogP contribution in [0.5, 0.6) is 11.5 Å². The van der Waals surface area contributed by atoms with Crippen LogP contribution >= 0.6 is 0 Å². The van der Waals surface area contributed by atoms with Gasteiger partial charge < -0.3 is 25.4 Å². The topological polar surface area (TPSA) is 162 Å². The van der Waals surface area contributed by atoms with Crippen LogP contribution in [0, 0.1) is 0 Å². The third kappa shape index (κ3) is 8.30. The van der Waals surface area contributed by atoms with Crippen LogP contribution in [0.3, 0.4) is 0 Å². The molecule has 10 nitrogen and oxygen atoms in total. The first-order valence-electron chi connectivity index (χ1n) is 13.6. The standard InChI is InChI=1S/C30H40N4O6/c1-19(2)23-16-22(24(35)17-25(23)36)13-14-26-28(29(30(31)38)33-40-26)21-11-9-20(10-12-21)18-34(3)15-7-5-4-6-8-27(37)32-39/h9-12,16-17,19,35-36,39H,4-8,13-15,18H2,1-3H3,(H2,31,38)(H,32,37). The second-order valence-corrected chi connectivity index (χ2v) is 10.5. The molecule has 0 aliphatic heterocycles. The molecule has 2 amide bonds. The lowest BCUT2D eigenvalue weighted by Crippen LogP contribution is -2.19. The number of hydrogen-bond acceptors (Lipinski definition) is 8. The van der Waals surface area contributed by atoms with Crippen LogP contribution in [0.4, 0.5) is 0 Å². The van der Waals surface area contributed by atoms with Crippen LogP contribution < -0.4 is 11.2 Å². The fourth-order valence-corrected chi connectivity index (χ4v) is 4.76. The molecule has 2 aromatic carbocycles. The molecule has 0 aliphatic carbocycles. The minimum absolute atomic E-state index is 0.000612. The first-order chi connectivity index (χ1) is 19.1. The molecule has 0 atom stereocenters. The molecule has 3 aromatic rings. The van der Waals surface area contributed by atoms with E-state index >= 15 is 0 Å². The number of phenols is 2. The van der Waals surface area contributed by atoms with Crippen LogP contribution in [-0.4, -0.2) is 50.9 Å². The van der Waals surface area contributed by atoms with Gasteiger partial charge in [-0.3, -0.25) is 14.8 Å². The van der Waals surface area contributed by atoms with Gasteiger partial charge in [-0.2, -0.15) is 0 Å². The Labute approximate surface area is 234 Å². The van der Waals surface area contributed by atoms with Crippen molar-refractivity contribution < 1.29 is 29.5 Å². The van der Waals surface area contributed by atoms with Gasteiger partial charge in [-0.05, 0) is 67.1 Å². The van der Waals surface area contributed by atoms with Crippen molar-refractivity contribution in [2.45, 2.75) is 71.3 Å². The van der Waals surface area contributed by atoms with Gasteiger partial charge in [-0.25, -0.2) is 5.48 Å². The number of benzene rings is 2. The van der Waals surface area contributed by atoms with Crippen molar-refractivity contribution in [1.29, 1.82) is 0 Å². The summed E-state index contributed by atoms with van der Waals surface area (Å²) in [7, 11) is 2.06. The van der Waals surface area contributed by atoms with E-state index in [-0.39, 0.29) is 29.0 Å². The molecule has 0 aliphatic rings. The molecular weight excluding hydrogens is 512 g/mol. The van der Waals surface area contributed by atoms with Crippen LogP contribution in [0.2, 0.25) is 0 Å². The lowest BCUT2D eigenvalue weighted by molar-refractivity contribution is -0.129. The molecule has 40 heavy (non-hydrogen) atoms. The quantitative estimate of drug-likeness (QED) is 0.103. The summed E-state index contributed by atoms with van der Waals surface area (Å²) in [4.78, 5) is 25.4. The smallest absolute Gasteiger partial charge is 0.271 e. The van der Waals surface area contributed by atoms with Gasteiger partial charge in [0, 0.05) is 25.5 Å². The maximum atomic E-state index is 12.1. The highest BCUT2D eigenvalue weighted by Crippen LogP contribution is 2.34. The molecule has 0 radical (unpaired) electrons. The number of carbonyl (C=O) groups excluding carboxylic acids is 2. The number of carbonyl (C=O) groups is 2. The zero-order valence-electron chi connectivity index (χ0n) is 23.4. The zero-order valence-corrected chi connectivity index (χ0v) is 23.4. The van der Waals surface area contributed by atoms with E-state index in [4.69, 9.17) is 15.5 Å². The monoisotopic (exact) mass is 552 g/mol. The fourth-order valence-electron chi connectivity index (χ4n) is 4.76. The number of aromatic nitrogens is 1. The molecular formula is C30H40N4O6. The van der Waals surface area contributed by atoms with E-state index in [1.165, 1.54) is 6.07 Å². The minimum atomic E-state index is -0.680. The molecule has 0 fully saturated rings. The Kier molecular flexibility index (Phi) is 11.1. The number of unbranched alkanes of at least 4 members (excludes halogenated alkanes) is 3. The number of nitrogens with one attached hydrogen (secondary N) is 1. The molecule has 0 spiro atoms. The van der Waals surface area contributed by atoms with Crippen LogP contribution in [0.25, 0.3) is 11.1 Å². The van der Waals surface area contributed by atoms with Crippen molar-refractivity contribution in [1.82, 2.24) is 15.5 Å². The highest BCUT2D eigenvalue weighted by atomic mass is 16.5. The van der Waals surface area contributed by atoms with E-state index in [0.29, 0.717) is 36.1 Å². The maximum Gasteiger partial charge on any atom is 0.271 e. The van der Waals surface area contributed by atoms with Crippen LogP contribution in [0.15, 0.2) is 40.9 Å². The highest BCUT2D eigenvalue weighted by Gasteiger charge is 2.22. The van der Waals surface area contributed by atoms with Gasteiger partial charge in [0.15, 0.2) is 5.69 Å². The summed E-state index contributed by atoms with van der Waals surface area (Å²) < 4.78 is 5.54. The summed E-state index contributed by atoms with van der Waals surface area (Å²) in [6.45, 7) is 5.61. The lowest BCUT2D eigenvalue weighted by atomic mass is 9.95. The Hall–Kier alpha value is -3.89. The molecule has 0 unspecified atom stereocenters. The van der Waals surface area contributed by atoms with Gasteiger partial charge in [0.05, 0.1) is 5.56 Å². The molecule has 0 bridgehead atoms. The molecule has 1 aromatic heterocycles. The van der Waals surface area contributed by atoms with E-state index in [1.807, 2.05) is 38.1 Å². The van der Waals surface area contributed by atoms with Gasteiger partial charge >= 0.3 is 0 Å². The van der Waals surface area contributed by atoms with Gasteiger partial charge in [-0.15, -0.1) is 0 Å². The van der Waals surface area contributed by atoms with Crippen molar-refractivity contribution in [3.8, 4) is 22.6 Å². The number of nitrogens with two attached hydrogens (primary N) is 1. The first-order valence-corrected chi connectivity index (χ1v) is 13.6. The van der Waals surface area contributed by atoms with Crippen molar-refractivity contribution in [2.24, 2.45) is 5.73 Å². The second kappa shape index (κ2) is 14.5. The number of aryl methyl sites for hydroxylation is 2. The minimum Gasteiger partial charge on any atom is -0.508 e. The number of rotatable bonds is 15. The average molecular weight is 553 g/mol. The van der Waals surface area contributed by atoms with Gasteiger partial charge in [-0.1, -0.05) is 56.1 Å². The number of hydroxylamine groups is 1. The summed E-state index contributed by atoms with van der Waals surface area (Å²) >= 11 is 0. The number of hydrogen-bond donors (Lipinski definition) is 5. The van der Waals surface area contributed by atoms with E-state index in [1.54, 1.807) is 11.5 Å². The highest BCUT2D eigenvalue weighted by molar-refractivity contribution is 5.98. The van der Waals surface area contributed by atoms with Crippen LogP contribution in [0.1, 0.15) is 84.8 Å². The SMILES string of the molecule is CC(C)c1cc(CCc2onc(C(N)=O)c2-c2ccc(CN(C)CCCCCCC(=O)NO)cc2)c(O)cc1O. The van der Waals surface area contributed by atoms with Crippen LogP contribution in [-0.2, 0) is 24.2 Å². The predicted octanol–water partition coefficient (Wildman–Crippen LogP) is 4.65. The average Bonchev–Trinajstić information content (AvgIpc) is 3.34. The van der Waals surface area contributed by atoms with Crippen molar-refractivity contribution in [2.75, 3.05) is 13.6 Å². The number of primary amides is 1. The van der Waals surface area contributed by atoms with E-state index in [0.717, 1.165) is 55.5 Å². The number of aromatic hydroxyl groups is 2. The second-order valence-electron chi connectivity index (χ2n) is 10.5. The largest absolute Gasteiger partial charge is 0.508 e. The van der Waals surface area contributed by atoms with E-state index in [9.17, 15) is 19.8 Å². The Bertz CT molecular complexity index is 1290. The maximum absolute atomic E-state index is 12.1. The lowest BCUT2D eigenvalue weighted by Gasteiger charge is -2.17.